The molecule has 0 aliphatic rings. The Morgan fingerprint density at radius 3 is 2.67 bits per heavy atom. The number of rotatable bonds is 3. The van der Waals surface area contributed by atoms with Gasteiger partial charge in [0.2, 0.25) is 11.9 Å². The second-order valence-corrected chi connectivity index (χ2v) is 3.36. The highest BCUT2D eigenvalue weighted by molar-refractivity contribution is 5.34. The van der Waals surface area contributed by atoms with Crippen molar-refractivity contribution in [1.82, 2.24) is 15.2 Å². The topological polar surface area (TPSA) is 70.8 Å². The van der Waals surface area contributed by atoms with E-state index in [-0.39, 0.29) is 0 Å². The molecule has 0 radical (unpaired) electrons. The second kappa shape index (κ2) is 4.00. The van der Waals surface area contributed by atoms with Gasteiger partial charge in [-0.3, -0.25) is 0 Å². The highest BCUT2D eigenvalue weighted by Gasteiger charge is 2.06. The predicted molar refractivity (Wildman–Crippen MR) is 59.3 cm³/mol. The van der Waals surface area contributed by atoms with Crippen LogP contribution < -0.4 is 10.6 Å². The number of anilines is 2. The average molecular weight is 203 g/mol. The van der Waals surface area contributed by atoms with Crippen molar-refractivity contribution in [3.63, 3.8) is 0 Å². The van der Waals surface area contributed by atoms with Gasteiger partial charge in [0.05, 0.1) is 0 Å². The van der Waals surface area contributed by atoms with Crippen molar-refractivity contribution in [2.75, 3.05) is 17.7 Å². The molecule has 1 aromatic heterocycles. The third-order valence-electron chi connectivity index (χ3n) is 2.09. The molecule has 0 unspecified atom stereocenters. The number of aromatic amines is 1. The number of nitrogen functional groups attached to an aromatic ring is 1. The Hall–Kier alpha value is -2.04. The van der Waals surface area contributed by atoms with Crippen molar-refractivity contribution >= 4 is 11.9 Å². The summed E-state index contributed by atoms with van der Waals surface area (Å²) in [5, 5.41) is 6.59. The average Bonchev–Trinajstić information content (AvgIpc) is 2.66. The van der Waals surface area contributed by atoms with Crippen LogP contribution in [0.4, 0.5) is 11.9 Å². The van der Waals surface area contributed by atoms with Crippen molar-refractivity contribution in [2.45, 2.75) is 6.54 Å². The van der Waals surface area contributed by atoms with E-state index in [1.807, 2.05) is 30.1 Å². The minimum Gasteiger partial charge on any atom is -0.368 e. The molecule has 15 heavy (non-hydrogen) atoms. The van der Waals surface area contributed by atoms with Crippen LogP contribution in [0.5, 0.6) is 0 Å². The molecule has 78 valence electrons. The van der Waals surface area contributed by atoms with Gasteiger partial charge in [-0.25, -0.2) is 5.10 Å². The minimum atomic E-state index is 0.338. The van der Waals surface area contributed by atoms with E-state index in [0.29, 0.717) is 11.9 Å². The highest BCUT2D eigenvalue weighted by Crippen LogP contribution is 2.09. The number of aromatic nitrogens is 3. The Kier molecular flexibility index (Phi) is 2.53. The lowest BCUT2D eigenvalue weighted by Crippen LogP contribution is -2.17. The first-order chi connectivity index (χ1) is 7.25. The number of hydrogen-bond donors (Lipinski definition) is 2. The van der Waals surface area contributed by atoms with Crippen LogP contribution in [0.25, 0.3) is 0 Å². The molecule has 0 aliphatic carbocycles. The Balaban J connectivity index is 2.07. The van der Waals surface area contributed by atoms with Gasteiger partial charge in [0.1, 0.15) is 0 Å². The van der Waals surface area contributed by atoms with Crippen molar-refractivity contribution in [3.8, 4) is 0 Å². The number of nitrogens with one attached hydrogen (secondary N) is 1. The summed E-state index contributed by atoms with van der Waals surface area (Å²) in [4.78, 5) is 5.98. The van der Waals surface area contributed by atoms with E-state index < -0.39 is 0 Å². The molecule has 0 spiro atoms. The SMILES string of the molecule is CN(Cc1ccccc1)c1n[nH]c(N)n1. The first-order valence-electron chi connectivity index (χ1n) is 4.68. The Bertz CT molecular complexity index is 422. The molecule has 1 aromatic carbocycles. The van der Waals surface area contributed by atoms with E-state index in [0.717, 1.165) is 6.54 Å². The number of nitrogens with zero attached hydrogens (tertiary/aromatic N) is 3. The third kappa shape index (κ3) is 2.25. The fraction of sp³-hybridized carbons (Fsp3) is 0.200. The fourth-order valence-corrected chi connectivity index (χ4v) is 1.36. The molecular weight excluding hydrogens is 190 g/mol. The number of hydrogen-bond acceptors (Lipinski definition) is 4. The largest absolute Gasteiger partial charge is 0.368 e. The van der Waals surface area contributed by atoms with Crippen molar-refractivity contribution in [3.05, 3.63) is 35.9 Å². The van der Waals surface area contributed by atoms with Crippen LogP contribution in [-0.4, -0.2) is 22.2 Å². The van der Waals surface area contributed by atoms with E-state index in [1.165, 1.54) is 5.56 Å². The Morgan fingerprint density at radius 1 is 1.33 bits per heavy atom. The van der Waals surface area contributed by atoms with Gasteiger partial charge in [-0.1, -0.05) is 30.3 Å². The summed E-state index contributed by atoms with van der Waals surface area (Å²) >= 11 is 0. The van der Waals surface area contributed by atoms with Gasteiger partial charge >= 0.3 is 0 Å². The smallest absolute Gasteiger partial charge is 0.246 e. The van der Waals surface area contributed by atoms with Gasteiger partial charge in [0.25, 0.3) is 0 Å². The zero-order valence-electron chi connectivity index (χ0n) is 8.51. The van der Waals surface area contributed by atoms with Crippen molar-refractivity contribution in [2.24, 2.45) is 0 Å². The van der Waals surface area contributed by atoms with Gasteiger partial charge < -0.3 is 10.6 Å². The van der Waals surface area contributed by atoms with E-state index in [2.05, 4.69) is 27.3 Å². The monoisotopic (exact) mass is 203 g/mol. The maximum absolute atomic E-state index is 5.45. The van der Waals surface area contributed by atoms with Gasteiger partial charge in [0, 0.05) is 13.6 Å². The second-order valence-electron chi connectivity index (χ2n) is 3.36. The standard InChI is InChI=1S/C10H13N5/c1-15(10-12-9(11)13-14-10)7-8-5-3-2-4-6-8/h2-6H,7H2,1H3,(H3,11,12,13,14). The van der Waals surface area contributed by atoms with Crippen molar-refractivity contribution < 1.29 is 0 Å². The summed E-state index contributed by atoms with van der Waals surface area (Å²) in [6.45, 7) is 0.762. The fourth-order valence-electron chi connectivity index (χ4n) is 1.36. The highest BCUT2D eigenvalue weighted by atomic mass is 15.4. The lowest BCUT2D eigenvalue weighted by atomic mass is 10.2. The maximum atomic E-state index is 5.45. The molecule has 1 heterocycles. The molecule has 0 saturated heterocycles. The van der Waals surface area contributed by atoms with Crippen molar-refractivity contribution in [1.29, 1.82) is 0 Å². The summed E-state index contributed by atoms with van der Waals surface area (Å²) in [6, 6.07) is 10.1. The van der Waals surface area contributed by atoms with E-state index in [4.69, 9.17) is 5.73 Å². The lowest BCUT2D eigenvalue weighted by Gasteiger charge is -2.14. The Labute approximate surface area is 87.9 Å². The number of benzene rings is 1. The van der Waals surface area contributed by atoms with Crippen LogP contribution in [0.15, 0.2) is 30.3 Å². The summed E-state index contributed by atoms with van der Waals surface area (Å²) in [5.74, 6) is 0.946. The van der Waals surface area contributed by atoms with Crippen LogP contribution in [0.1, 0.15) is 5.56 Å². The van der Waals surface area contributed by atoms with E-state index in [1.54, 1.807) is 0 Å². The van der Waals surface area contributed by atoms with Crippen LogP contribution in [0.2, 0.25) is 0 Å². The van der Waals surface area contributed by atoms with Crippen LogP contribution in [-0.2, 0) is 6.54 Å². The maximum Gasteiger partial charge on any atom is 0.246 e. The molecule has 3 N–H and O–H groups in total. The summed E-state index contributed by atoms with van der Waals surface area (Å²) in [6.07, 6.45) is 0. The molecule has 0 bridgehead atoms. The first kappa shape index (κ1) is 9.51. The number of nitrogens with two attached hydrogens (primary N) is 1. The zero-order chi connectivity index (χ0) is 10.7. The molecule has 5 nitrogen and oxygen atoms in total. The van der Waals surface area contributed by atoms with Gasteiger partial charge in [-0.2, -0.15) is 4.98 Å². The Morgan fingerprint density at radius 2 is 2.07 bits per heavy atom. The molecule has 0 atom stereocenters. The first-order valence-corrected chi connectivity index (χ1v) is 4.68. The molecule has 0 saturated carbocycles. The molecule has 0 aliphatic heterocycles. The van der Waals surface area contributed by atoms with E-state index >= 15 is 0 Å². The molecule has 2 rings (SSSR count). The number of H-pyrrole nitrogens is 1. The zero-order valence-corrected chi connectivity index (χ0v) is 8.51. The summed E-state index contributed by atoms with van der Waals surface area (Å²) in [7, 11) is 1.93. The third-order valence-corrected chi connectivity index (χ3v) is 2.09. The van der Waals surface area contributed by atoms with Crippen LogP contribution >= 0.6 is 0 Å². The molecular formula is C10H13N5. The van der Waals surface area contributed by atoms with Gasteiger partial charge in [-0.05, 0) is 5.56 Å². The molecule has 0 amide bonds. The molecule has 0 fully saturated rings. The van der Waals surface area contributed by atoms with Crippen LogP contribution in [0.3, 0.4) is 0 Å². The molecule has 5 heteroatoms. The normalized spacial score (nSPS) is 10.2. The van der Waals surface area contributed by atoms with Gasteiger partial charge in [-0.15, -0.1) is 5.10 Å². The minimum absolute atomic E-state index is 0.338. The summed E-state index contributed by atoms with van der Waals surface area (Å²) in [5.41, 5.74) is 6.67. The van der Waals surface area contributed by atoms with Crippen LogP contribution in [0, 0.1) is 0 Å². The van der Waals surface area contributed by atoms with E-state index in [9.17, 15) is 0 Å². The molecule has 2 aromatic rings. The summed E-state index contributed by atoms with van der Waals surface area (Å²) < 4.78 is 0. The predicted octanol–water partition coefficient (Wildman–Crippen LogP) is 1.02. The quantitative estimate of drug-likeness (QED) is 0.781. The lowest BCUT2D eigenvalue weighted by molar-refractivity contribution is 0.871. The van der Waals surface area contributed by atoms with Gasteiger partial charge in [0.15, 0.2) is 0 Å².